The van der Waals surface area contributed by atoms with Gasteiger partial charge in [-0.15, -0.1) is 11.8 Å². The van der Waals surface area contributed by atoms with Gasteiger partial charge in [0.05, 0.1) is 5.03 Å². The molecule has 0 radical (unpaired) electrons. The lowest BCUT2D eigenvalue weighted by atomic mass is 9.90. The van der Waals surface area contributed by atoms with Gasteiger partial charge < -0.3 is 5.32 Å². The van der Waals surface area contributed by atoms with Crippen LogP contribution in [0, 0.1) is 27.7 Å². The highest BCUT2D eigenvalue weighted by Crippen LogP contribution is 2.50. The summed E-state index contributed by atoms with van der Waals surface area (Å²) in [6, 6.07) is 17.4. The Labute approximate surface area is 218 Å². The van der Waals surface area contributed by atoms with Crippen LogP contribution in [0.3, 0.4) is 0 Å². The second-order valence-corrected chi connectivity index (χ2v) is 10.0. The molecule has 3 aromatic rings. The van der Waals surface area contributed by atoms with Crippen LogP contribution >= 0.6 is 11.8 Å². The minimum Gasteiger partial charge on any atom is -0.317 e. The van der Waals surface area contributed by atoms with E-state index in [1.807, 2.05) is 20.8 Å². The number of ketones is 1. The van der Waals surface area contributed by atoms with E-state index >= 15 is 13.2 Å². The Morgan fingerprint density at radius 2 is 1.43 bits per heavy atom. The second-order valence-electron chi connectivity index (χ2n) is 9.21. The van der Waals surface area contributed by atoms with Gasteiger partial charge in [-0.1, -0.05) is 65.7 Å². The summed E-state index contributed by atoms with van der Waals surface area (Å²) in [5.74, 6) is -1.72. The van der Waals surface area contributed by atoms with Crippen LogP contribution in [0.25, 0.3) is 0 Å². The molecule has 1 aliphatic rings. The molecule has 37 heavy (non-hydrogen) atoms. The summed E-state index contributed by atoms with van der Waals surface area (Å²) >= 11 is 0.937. The number of thioether (sulfide) groups is 1. The Morgan fingerprint density at radius 1 is 0.865 bits per heavy atom. The number of aryl methyl sites for hydroxylation is 4. The maximum atomic E-state index is 15.3. The number of benzene rings is 3. The van der Waals surface area contributed by atoms with E-state index in [4.69, 9.17) is 0 Å². The van der Waals surface area contributed by atoms with Gasteiger partial charge >= 0.3 is 6.18 Å². The highest BCUT2D eigenvalue weighted by atomic mass is 32.2. The summed E-state index contributed by atoms with van der Waals surface area (Å²) in [4.78, 5) is 28.2. The van der Waals surface area contributed by atoms with Crippen molar-refractivity contribution >= 4 is 29.1 Å². The molecule has 1 unspecified atom stereocenters. The molecule has 1 atom stereocenters. The van der Waals surface area contributed by atoms with Crippen molar-refractivity contribution in [2.75, 3.05) is 11.2 Å². The number of anilines is 1. The average molecular weight is 525 g/mol. The first-order valence-corrected chi connectivity index (χ1v) is 12.9. The number of rotatable bonds is 5. The van der Waals surface area contributed by atoms with E-state index in [9.17, 15) is 9.59 Å². The lowest BCUT2D eigenvalue weighted by molar-refractivity contribution is -0.201. The predicted octanol–water partition coefficient (Wildman–Crippen LogP) is 6.73. The van der Waals surface area contributed by atoms with Gasteiger partial charge in [-0.05, 0) is 57.2 Å². The van der Waals surface area contributed by atoms with Gasteiger partial charge in [-0.3, -0.25) is 14.5 Å². The van der Waals surface area contributed by atoms with Crippen LogP contribution in [0.1, 0.15) is 38.2 Å². The number of halogens is 3. The number of nitrogens with zero attached hydrogens (tertiary/aromatic N) is 1. The third-order valence-electron chi connectivity index (χ3n) is 6.64. The van der Waals surface area contributed by atoms with E-state index in [0.29, 0.717) is 0 Å². The Bertz CT molecular complexity index is 1400. The molecule has 1 amide bonds. The topological polar surface area (TPSA) is 49.4 Å². The van der Waals surface area contributed by atoms with Gasteiger partial charge in [0.2, 0.25) is 11.4 Å². The summed E-state index contributed by atoms with van der Waals surface area (Å²) in [6.07, 6.45) is -3.38. The van der Waals surface area contributed by atoms with Crippen molar-refractivity contribution in [2.24, 2.45) is 0 Å². The number of hydrogen-bond acceptors (Lipinski definition) is 4. The van der Waals surface area contributed by atoms with E-state index in [1.165, 1.54) is 12.1 Å². The van der Waals surface area contributed by atoms with Crippen molar-refractivity contribution in [1.29, 1.82) is 0 Å². The summed E-state index contributed by atoms with van der Waals surface area (Å²) < 4.78 is 45.9. The molecule has 0 fully saturated rings. The molecular formula is C29H27F3N2O2S. The summed E-state index contributed by atoms with van der Waals surface area (Å²) in [5, 5.41) is 2.16. The Morgan fingerprint density at radius 3 is 1.95 bits per heavy atom. The number of alkyl halides is 3. The molecule has 3 aromatic carbocycles. The quantitative estimate of drug-likeness (QED) is 0.297. The zero-order valence-corrected chi connectivity index (χ0v) is 22.0. The summed E-state index contributed by atoms with van der Waals surface area (Å²) in [7, 11) is 0. The maximum Gasteiger partial charge on any atom is 0.435 e. The van der Waals surface area contributed by atoms with Crippen molar-refractivity contribution < 1.29 is 22.8 Å². The fourth-order valence-electron chi connectivity index (χ4n) is 4.42. The highest BCUT2D eigenvalue weighted by Gasteiger charge is 2.65. The van der Waals surface area contributed by atoms with E-state index < -0.39 is 23.5 Å². The molecule has 4 rings (SSSR count). The summed E-state index contributed by atoms with van der Waals surface area (Å²) in [5.41, 5.74) is 0.371. The van der Waals surface area contributed by atoms with Crippen molar-refractivity contribution in [1.82, 2.24) is 5.32 Å². The molecule has 4 nitrogen and oxygen atoms in total. The van der Waals surface area contributed by atoms with E-state index in [-0.39, 0.29) is 27.4 Å². The Balaban J connectivity index is 2.08. The lowest BCUT2D eigenvalue weighted by Crippen LogP contribution is -2.69. The first-order valence-electron chi connectivity index (χ1n) is 11.6. The van der Waals surface area contributed by atoms with Gasteiger partial charge in [-0.25, -0.2) is 0 Å². The molecule has 1 heterocycles. The molecule has 0 bridgehead atoms. The molecule has 0 spiro atoms. The molecule has 1 aliphatic heterocycles. The lowest BCUT2D eigenvalue weighted by Gasteiger charge is -2.50. The summed E-state index contributed by atoms with van der Waals surface area (Å²) in [6.45, 7) is 7.31. The maximum absolute atomic E-state index is 15.3. The highest BCUT2D eigenvalue weighted by molar-refractivity contribution is 8.02. The van der Waals surface area contributed by atoms with Crippen LogP contribution in [-0.4, -0.2) is 24.1 Å². The van der Waals surface area contributed by atoms with Crippen LogP contribution in [-0.2, 0) is 10.5 Å². The van der Waals surface area contributed by atoms with E-state index in [1.54, 1.807) is 67.8 Å². The van der Waals surface area contributed by atoms with Gasteiger partial charge in [-0.2, -0.15) is 13.2 Å². The fourth-order valence-corrected chi connectivity index (χ4v) is 5.23. The second kappa shape index (κ2) is 9.74. The van der Waals surface area contributed by atoms with Crippen LogP contribution < -0.4 is 10.2 Å². The van der Waals surface area contributed by atoms with E-state index in [2.05, 4.69) is 5.32 Å². The van der Waals surface area contributed by atoms with Crippen molar-refractivity contribution in [3.8, 4) is 0 Å². The molecular weight excluding hydrogens is 497 g/mol. The van der Waals surface area contributed by atoms with Gasteiger partial charge in [0.25, 0.3) is 5.91 Å². The number of amides is 1. The third-order valence-corrected chi connectivity index (χ3v) is 7.41. The van der Waals surface area contributed by atoms with Gasteiger partial charge in [0.1, 0.15) is 5.57 Å². The molecule has 8 heteroatoms. The van der Waals surface area contributed by atoms with Crippen LogP contribution in [0.2, 0.25) is 0 Å². The first-order chi connectivity index (χ1) is 17.4. The molecule has 0 saturated heterocycles. The largest absolute Gasteiger partial charge is 0.435 e. The van der Waals surface area contributed by atoms with Gasteiger partial charge in [0, 0.05) is 16.8 Å². The normalized spacial score (nSPS) is 18.2. The van der Waals surface area contributed by atoms with Crippen molar-refractivity contribution in [3.05, 3.63) is 111 Å². The SMILES string of the molecule is CSC1=C(C(=O)c2ccc(C)cc2)C(=O)NC(c2ccc(C)cc2)(C(F)(F)F)N1c1ccc(C)c(C)c1. The minimum absolute atomic E-state index is 0.0736. The van der Waals surface area contributed by atoms with E-state index in [0.717, 1.165) is 38.9 Å². The average Bonchev–Trinajstić information content (AvgIpc) is 2.85. The molecule has 1 N–H and O–H groups in total. The predicted molar refractivity (Wildman–Crippen MR) is 142 cm³/mol. The number of nitrogens with one attached hydrogen (secondary N) is 1. The smallest absolute Gasteiger partial charge is 0.317 e. The standard InChI is InChI=1S/C29H27F3N2O2S/c1-17-6-11-21(12-7-17)25(35)24-26(36)33-28(29(30,31)32,22-13-8-18(2)9-14-22)34(27(24)37-5)23-15-10-19(3)20(4)16-23/h6-16H,1-5H3,(H,33,36). The Kier molecular flexibility index (Phi) is 6.99. The van der Waals surface area contributed by atoms with Crippen LogP contribution in [0.5, 0.6) is 0 Å². The van der Waals surface area contributed by atoms with Gasteiger partial charge in [0.15, 0.2) is 0 Å². The first kappa shape index (κ1) is 26.5. The number of Topliss-reactive ketones (excluding diaryl/α,β-unsaturated/α-hetero) is 1. The number of hydrogen-bond donors (Lipinski definition) is 1. The van der Waals surface area contributed by atoms with Crippen molar-refractivity contribution in [3.63, 3.8) is 0 Å². The molecule has 0 saturated carbocycles. The molecule has 0 aliphatic carbocycles. The third kappa shape index (κ3) is 4.55. The van der Waals surface area contributed by atoms with Crippen molar-refractivity contribution in [2.45, 2.75) is 39.5 Å². The molecule has 0 aromatic heterocycles. The Hall–Kier alpha value is -3.52. The van der Waals surface area contributed by atoms with Crippen LogP contribution in [0.4, 0.5) is 18.9 Å². The number of carbonyl (C=O) groups is 2. The minimum atomic E-state index is -4.95. The monoisotopic (exact) mass is 524 g/mol. The number of carbonyl (C=O) groups excluding carboxylic acids is 2. The molecule has 192 valence electrons. The zero-order valence-electron chi connectivity index (χ0n) is 21.2. The zero-order chi connectivity index (χ0) is 27.1. The fraction of sp³-hybridized carbons (Fsp3) is 0.241. The van der Waals surface area contributed by atoms with Crippen LogP contribution in [0.15, 0.2) is 77.3 Å².